The number of benzene rings is 2. The van der Waals surface area contributed by atoms with Crippen molar-refractivity contribution in [3.63, 3.8) is 0 Å². The monoisotopic (exact) mass is 241 g/mol. The molecule has 0 fully saturated rings. The van der Waals surface area contributed by atoms with Crippen molar-refractivity contribution in [2.45, 2.75) is 6.92 Å². The Kier molecular flexibility index (Phi) is 3.19. The van der Waals surface area contributed by atoms with Gasteiger partial charge in [-0.1, -0.05) is 6.07 Å². The summed E-state index contributed by atoms with van der Waals surface area (Å²) in [6.07, 6.45) is 0. The quantitative estimate of drug-likeness (QED) is 0.706. The van der Waals surface area contributed by atoms with Crippen LogP contribution in [0.25, 0.3) is 0 Å². The van der Waals surface area contributed by atoms with Gasteiger partial charge in [-0.05, 0) is 48.9 Å². The minimum atomic E-state index is -0.177. The minimum Gasteiger partial charge on any atom is -0.399 e. The highest BCUT2D eigenvalue weighted by Crippen LogP contribution is 2.16. The molecule has 18 heavy (non-hydrogen) atoms. The Morgan fingerprint density at radius 3 is 2.56 bits per heavy atom. The number of nitrogens with two attached hydrogens (primary N) is 2. The zero-order valence-corrected chi connectivity index (χ0v) is 10.1. The molecule has 0 unspecified atom stereocenters. The molecular weight excluding hydrogens is 226 g/mol. The van der Waals surface area contributed by atoms with Crippen LogP contribution in [0.5, 0.6) is 0 Å². The molecule has 0 aliphatic carbocycles. The first kappa shape index (κ1) is 12.0. The second-order valence-corrected chi connectivity index (χ2v) is 4.15. The third kappa shape index (κ3) is 2.60. The van der Waals surface area contributed by atoms with E-state index in [0.717, 1.165) is 5.56 Å². The molecule has 92 valence electrons. The molecular formula is C14H15N3O. The van der Waals surface area contributed by atoms with Crippen molar-refractivity contribution in [1.82, 2.24) is 0 Å². The second kappa shape index (κ2) is 4.79. The number of nitrogen functional groups attached to an aromatic ring is 2. The van der Waals surface area contributed by atoms with E-state index in [1.54, 1.807) is 42.5 Å². The van der Waals surface area contributed by atoms with Crippen molar-refractivity contribution < 1.29 is 4.79 Å². The van der Waals surface area contributed by atoms with Crippen LogP contribution in [0.2, 0.25) is 0 Å². The largest absolute Gasteiger partial charge is 0.399 e. The van der Waals surface area contributed by atoms with Gasteiger partial charge in [0.2, 0.25) is 0 Å². The molecule has 4 nitrogen and oxygen atoms in total. The minimum absolute atomic E-state index is 0.177. The molecule has 0 aliphatic rings. The van der Waals surface area contributed by atoms with Gasteiger partial charge in [0.15, 0.2) is 0 Å². The number of hydrogen-bond donors (Lipinski definition) is 3. The van der Waals surface area contributed by atoms with E-state index >= 15 is 0 Å². The van der Waals surface area contributed by atoms with Gasteiger partial charge < -0.3 is 16.8 Å². The highest BCUT2D eigenvalue weighted by molar-refractivity contribution is 6.04. The molecule has 0 saturated heterocycles. The molecule has 2 aromatic rings. The smallest absolute Gasteiger partial charge is 0.255 e. The molecule has 0 heterocycles. The van der Waals surface area contributed by atoms with Gasteiger partial charge in [-0.25, -0.2) is 0 Å². The highest BCUT2D eigenvalue weighted by atomic mass is 16.1. The fourth-order valence-corrected chi connectivity index (χ4v) is 1.64. The number of carbonyl (C=O) groups is 1. The SMILES string of the molecule is Cc1cc(C(=O)Nc2cccc(N)c2)ccc1N. The van der Waals surface area contributed by atoms with Crippen molar-refractivity contribution in [2.24, 2.45) is 0 Å². The third-order valence-electron chi connectivity index (χ3n) is 2.68. The molecule has 1 amide bonds. The molecule has 5 N–H and O–H groups in total. The molecule has 2 rings (SSSR count). The summed E-state index contributed by atoms with van der Waals surface area (Å²) in [5.74, 6) is -0.177. The van der Waals surface area contributed by atoms with Crippen LogP contribution in [0.1, 0.15) is 15.9 Å². The van der Waals surface area contributed by atoms with Crippen LogP contribution < -0.4 is 16.8 Å². The van der Waals surface area contributed by atoms with Gasteiger partial charge >= 0.3 is 0 Å². The van der Waals surface area contributed by atoms with Gasteiger partial charge in [0, 0.05) is 22.6 Å². The van der Waals surface area contributed by atoms with Crippen molar-refractivity contribution in [3.05, 3.63) is 53.6 Å². The summed E-state index contributed by atoms with van der Waals surface area (Å²) in [6.45, 7) is 1.87. The van der Waals surface area contributed by atoms with Crippen LogP contribution >= 0.6 is 0 Å². The Morgan fingerprint density at radius 2 is 1.89 bits per heavy atom. The Bertz CT molecular complexity index is 593. The van der Waals surface area contributed by atoms with Crippen molar-refractivity contribution in [1.29, 1.82) is 0 Å². The predicted molar refractivity (Wildman–Crippen MR) is 74.4 cm³/mol. The van der Waals surface area contributed by atoms with E-state index in [2.05, 4.69) is 5.32 Å². The second-order valence-electron chi connectivity index (χ2n) is 4.15. The third-order valence-corrected chi connectivity index (χ3v) is 2.68. The van der Waals surface area contributed by atoms with Gasteiger partial charge in [-0.2, -0.15) is 0 Å². The van der Waals surface area contributed by atoms with Gasteiger partial charge in [0.1, 0.15) is 0 Å². The fourth-order valence-electron chi connectivity index (χ4n) is 1.64. The Labute approximate surface area is 106 Å². The highest BCUT2D eigenvalue weighted by Gasteiger charge is 2.07. The normalized spacial score (nSPS) is 10.1. The Balaban J connectivity index is 2.19. The lowest BCUT2D eigenvalue weighted by molar-refractivity contribution is 0.102. The van der Waals surface area contributed by atoms with Crippen LogP contribution in [0.3, 0.4) is 0 Å². The number of nitrogens with one attached hydrogen (secondary N) is 1. The number of aryl methyl sites for hydroxylation is 1. The first-order valence-corrected chi connectivity index (χ1v) is 5.59. The molecule has 2 aromatic carbocycles. The maximum atomic E-state index is 12.0. The average Bonchev–Trinajstić information content (AvgIpc) is 2.32. The maximum absolute atomic E-state index is 12.0. The number of anilines is 3. The number of amides is 1. The van der Waals surface area contributed by atoms with E-state index in [-0.39, 0.29) is 5.91 Å². The number of rotatable bonds is 2. The van der Waals surface area contributed by atoms with E-state index in [9.17, 15) is 4.79 Å². The molecule has 4 heteroatoms. The van der Waals surface area contributed by atoms with Gasteiger partial charge in [0.05, 0.1) is 0 Å². The number of hydrogen-bond acceptors (Lipinski definition) is 3. The lowest BCUT2D eigenvalue weighted by atomic mass is 10.1. The molecule has 0 aromatic heterocycles. The number of carbonyl (C=O) groups excluding carboxylic acids is 1. The van der Waals surface area contributed by atoms with Crippen LogP contribution in [0.15, 0.2) is 42.5 Å². The molecule has 0 spiro atoms. The average molecular weight is 241 g/mol. The molecule has 0 saturated carbocycles. The summed E-state index contributed by atoms with van der Waals surface area (Å²) in [7, 11) is 0. The summed E-state index contributed by atoms with van der Waals surface area (Å²) in [4.78, 5) is 12.0. The van der Waals surface area contributed by atoms with Crippen molar-refractivity contribution >= 4 is 23.0 Å². The summed E-state index contributed by atoms with van der Waals surface area (Å²) < 4.78 is 0. The summed E-state index contributed by atoms with van der Waals surface area (Å²) in [5, 5.41) is 2.79. The molecule has 0 radical (unpaired) electrons. The van der Waals surface area contributed by atoms with E-state index < -0.39 is 0 Å². The summed E-state index contributed by atoms with van der Waals surface area (Å²) >= 11 is 0. The van der Waals surface area contributed by atoms with E-state index in [1.807, 2.05) is 6.92 Å². The fraction of sp³-hybridized carbons (Fsp3) is 0.0714. The van der Waals surface area contributed by atoms with E-state index in [4.69, 9.17) is 11.5 Å². The van der Waals surface area contributed by atoms with E-state index in [1.165, 1.54) is 0 Å². The first-order chi connectivity index (χ1) is 8.56. The Hall–Kier alpha value is -2.49. The molecule has 0 aliphatic heterocycles. The lowest BCUT2D eigenvalue weighted by Crippen LogP contribution is -2.12. The van der Waals surface area contributed by atoms with Crippen LogP contribution in [0, 0.1) is 6.92 Å². The van der Waals surface area contributed by atoms with Crippen LogP contribution in [0.4, 0.5) is 17.1 Å². The van der Waals surface area contributed by atoms with Gasteiger partial charge in [0.25, 0.3) is 5.91 Å². The predicted octanol–water partition coefficient (Wildman–Crippen LogP) is 2.41. The zero-order chi connectivity index (χ0) is 13.1. The van der Waals surface area contributed by atoms with Gasteiger partial charge in [-0.3, -0.25) is 4.79 Å². The van der Waals surface area contributed by atoms with E-state index in [0.29, 0.717) is 22.6 Å². The summed E-state index contributed by atoms with van der Waals surface area (Å²) in [5.41, 5.74) is 14.8. The first-order valence-electron chi connectivity index (χ1n) is 5.59. The lowest BCUT2D eigenvalue weighted by Gasteiger charge is -2.07. The van der Waals surface area contributed by atoms with Crippen LogP contribution in [-0.4, -0.2) is 5.91 Å². The van der Waals surface area contributed by atoms with Gasteiger partial charge in [-0.15, -0.1) is 0 Å². The molecule has 0 atom stereocenters. The molecule has 0 bridgehead atoms. The Morgan fingerprint density at radius 1 is 1.11 bits per heavy atom. The standard InChI is InChI=1S/C14H15N3O/c1-9-7-10(5-6-13(9)16)14(18)17-12-4-2-3-11(15)8-12/h2-8H,15-16H2,1H3,(H,17,18). The van der Waals surface area contributed by atoms with Crippen molar-refractivity contribution in [3.8, 4) is 0 Å². The van der Waals surface area contributed by atoms with Crippen molar-refractivity contribution in [2.75, 3.05) is 16.8 Å². The topological polar surface area (TPSA) is 81.1 Å². The zero-order valence-electron chi connectivity index (χ0n) is 10.1. The maximum Gasteiger partial charge on any atom is 0.255 e. The van der Waals surface area contributed by atoms with Crippen LogP contribution in [-0.2, 0) is 0 Å². The summed E-state index contributed by atoms with van der Waals surface area (Å²) in [6, 6.07) is 12.2.